The van der Waals surface area contributed by atoms with Crippen LogP contribution in [-0.4, -0.2) is 38.9 Å². The molecule has 26 heavy (non-hydrogen) atoms. The minimum atomic E-state index is -3.64. The summed E-state index contributed by atoms with van der Waals surface area (Å²) in [5.41, 5.74) is 0.523. The molecular formula is C19H25N3O3S. The van der Waals surface area contributed by atoms with Crippen LogP contribution < -0.4 is 4.72 Å². The Morgan fingerprint density at radius 3 is 2.54 bits per heavy atom. The third-order valence-electron chi connectivity index (χ3n) is 5.52. The van der Waals surface area contributed by atoms with Gasteiger partial charge in [-0.1, -0.05) is 19.3 Å². The fourth-order valence-corrected chi connectivity index (χ4v) is 5.10. The van der Waals surface area contributed by atoms with E-state index in [9.17, 15) is 13.2 Å². The number of likely N-dealkylation sites (tertiary alicyclic amines) is 1. The summed E-state index contributed by atoms with van der Waals surface area (Å²) in [4.78, 5) is 14.8. The number of sulfonamides is 1. The Morgan fingerprint density at radius 2 is 1.85 bits per heavy atom. The topological polar surface area (TPSA) is 90.3 Å². The second kappa shape index (κ2) is 8.19. The second-order valence-electron chi connectivity index (χ2n) is 7.17. The van der Waals surface area contributed by atoms with Gasteiger partial charge in [0, 0.05) is 31.6 Å². The summed E-state index contributed by atoms with van der Waals surface area (Å²) < 4.78 is 26.6. The van der Waals surface area contributed by atoms with E-state index >= 15 is 0 Å². The van der Waals surface area contributed by atoms with Crippen LogP contribution in [0.15, 0.2) is 29.2 Å². The van der Waals surface area contributed by atoms with Crippen LogP contribution in [0.4, 0.5) is 0 Å². The highest BCUT2D eigenvalue weighted by molar-refractivity contribution is 7.89. The SMILES string of the molecule is N#CCCNS(=O)(=O)c1ccc(C(=O)N2CC[C@@H]3CCCC[C@@H]3C2)cc1. The Kier molecular flexibility index (Phi) is 5.94. The number of benzene rings is 1. The third kappa shape index (κ3) is 4.25. The number of amides is 1. The molecule has 1 aliphatic heterocycles. The number of carbonyl (C=O) groups is 1. The molecule has 140 valence electrons. The van der Waals surface area contributed by atoms with Gasteiger partial charge in [-0.2, -0.15) is 5.26 Å². The molecule has 2 fully saturated rings. The lowest BCUT2D eigenvalue weighted by molar-refractivity contribution is 0.0521. The molecular weight excluding hydrogens is 350 g/mol. The Hall–Kier alpha value is -1.91. The summed E-state index contributed by atoms with van der Waals surface area (Å²) in [6.45, 7) is 1.69. The first kappa shape index (κ1) is 18.9. The predicted octanol–water partition coefficient (Wildman–Crippen LogP) is 2.53. The van der Waals surface area contributed by atoms with Crippen LogP contribution in [0.2, 0.25) is 0 Å². The van der Waals surface area contributed by atoms with Gasteiger partial charge in [-0.05, 0) is 48.9 Å². The molecule has 1 aromatic rings. The largest absolute Gasteiger partial charge is 0.338 e. The van der Waals surface area contributed by atoms with Crippen molar-refractivity contribution in [3.05, 3.63) is 29.8 Å². The van der Waals surface area contributed by atoms with Gasteiger partial charge in [0.05, 0.1) is 11.0 Å². The van der Waals surface area contributed by atoms with Crippen molar-refractivity contribution in [2.75, 3.05) is 19.6 Å². The molecule has 2 atom stereocenters. The molecule has 1 aliphatic carbocycles. The number of hydrogen-bond acceptors (Lipinski definition) is 4. The molecule has 0 unspecified atom stereocenters. The van der Waals surface area contributed by atoms with Crippen molar-refractivity contribution >= 4 is 15.9 Å². The number of rotatable bonds is 5. The van der Waals surface area contributed by atoms with E-state index in [1.165, 1.54) is 37.8 Å². The number of nitrogens with zero attached hydrogens (tertiary/aromatic N) is 2. The van der Waals surface area contributed by atoms with Crippen molar-refractivity contribution in [2.45, 2.75) is 43.4 Å². The minimum absolute atomic E-state index is 0.0181. The lowest BCUT2D eigenvalue weighted by Gasteiger charge is -2.41. The van der Waals surface area contributed by atoms with Gasteiger partial charge in [-0.3, -0.25) is 4.79 Å². The molecule has 1 amide bonds. The maximum Gasteiger partial charge on any atom is 0.253 e. The fraction of sp³-hybridized carbons (Fsp3) is 0.579. The number of fused-ring (bicyclic) bond motifs is 1. The van der Waals surface area contributed by atoms with E-state index in [0.29, 0.717) is 11.5 Å². The smallest absolute Gasteiger partial charge is 0.253 e. The zero-order valence-corrected chi connectivity index (χ0v) is 15.7. The lowest BCUT2D eigenvalue weighted by atomic mass is 9.75. The molecule has 1 aromatic carbocycles. The van der Waals surface area contributed by atoms with Gasteiger partial charge >= 0.3 is 0 Å². The third-order valence-corrected chi connectivity index (χ3v) is 7.00. The standard InChI is InChI=1S/C19H25N3O3S/c20-11-3-12-21-26(24,25)18-8-6-16(7-9-18)19(23)22-13-10-15-4-1-2-5-17(15)14-22/h6-9,15,17,21H,1-5,10,12-14H2/t15-,17+/m0/s1. The van der Waals surface area contributed by atoms with Gasteiger partial charge in [-0.15, -0.1) is 0 Å². The maximum absolute atomic E-state index is 12.8. The molecule has 0 aromatic heterocycles. The van der Waals surface area contributed by atoms with E-state index in [2.05, 4.69) is 4.72 Å². The highest BCUT2D eigenvalue weighted by atomic mass is 32.2. The number of carbonyl (C=O) groups excluding carboxylic acids is 1. The molecule has 6 nitrogen and oxygen atoms in total. The molecule has 1 heterocycles. The summed E-state index contributed by atoms with van der Waals surface area (Å²) in [5.74, 6) is 1.36. The molecule has 1 saturated carbocycles. The van der Waals surface area contributed by atoms with Crippen molar-refractivity contribution in [1.82, 2.24) is 9.62 Å². The molecule has 7 heteroatoms. The average molecular weight is 375 g/mol. The number of piperidine rings is 1. The van der Waals surface area contributed by atoms with Crippen LogP contribution >= 0.6 is 0 Å². The van der Waals surface area contributed by atoms with Crippen LogP contribution in [0.3, 0.4) is 0 Å². The first-order valence-corrected chi connectivity index (χ1v) is 10.8. The summed E-state index contributed by atoms with van der Waals surface area (Å²) >= 11 is 0. The minimum Gasteiger partial charge on any atom is -0.338 e. The van der Waals surface area contributed by atoms with Gasteiger partial charge in [0.15, 0.2) is 0 Å². The quantitative estimate of drug-likeness (QED) is 0.801. The van der Waals surface area contributed by atoms with Crippen LogP contribution in [-0.2, 0) is 10.0 Å². The van der Waals surface area contributed by atoms with Crippen molar-refractivity contribution in [3.63, 3.8) is 0 Å². The highest BCUT2D eigenvalue weighted by Crippen LogP contribution is 2.36. The van der Waals surface area contributed by atoms with Crippen LogP contribution in [0.1, 0.15) is 48.9 Å². The molecule has 1 saturated heterocycles. The zero-order valence-electron chi connectivity index (χ0n) is 14.9. The van der Waals surface area contributed by atoms with Crippen LogP contribution in [0.25, 0.3) is 0 Å². The van der Waals surface area contributed by atoms with Crippen LogP contribution in [0, 0.1) is 23.2 Å². The van der Waals surface area contributed by atoms with Crippen molar-refractivity contribution in [3.8, 4) is 6.07 Å². The molecule has 1 N–H and O–H groups in total. The lowest BCUT2D eigenvalue weighted by Crippen LogP contribution is -2.44. The Labute approximate surface area is 155 Å². The van der Waals surface area contributed by atoms with Gasteiger partial charge in [0.25, 0.3) is 5.91 Å². The normalized spacial score (nSPS) is 23.1. The molecule has 0 bridgehead atoms. The Balaban J connectivity index is 1.64. The van der Waals surface area contributed by atoms with Crippen LogP contribution in [0.5, 0.6) is 0 Å². The molecule has 0 radical (unpaired) electrons. The molecule has 2 aliphatic rings. The highest BCUT2D eigenvalue weighted by Gasteiger charge is 2.33. The summed E-state index contributed by atoms with van der Waals surface area (Å²) in [6.07, 6.45) is 6.26. The maximum atomic E-state index is 12.8. The van der Waals surface area contributed by atoms with E-state index in [0.717, 1.165) is 25.4 Å². The van der Waals surface area contributed by atoms with Crippen molar-refractivity contribution in [2.24, 2.45) is 11.8 Å². The Morgan fingerprint density at radius 1 is 1.15 bits per heavy atom. The average Bonchev–Trinajstić information content (AvgIpc) is 2.67. The first-order valence-electron chi connectivity index (χ1n) is 9.27. The predicted molar refractivity (Wildman–Crippen MR) is 97.8 cm³/mol. The number of nitriles is 1. The monoisotopic (exact) mass is 375 g/mol. The fourth-order valence-electron chi connectivity index (χ4n) is 4.07. The van der Waals surface area contributed by atoms with Gasteiger partial charge < -0.3 is 4.90 Å². The second-order valence-corrected chi connectivity index (χ2v) is 8.94. The van der Waals surface area contributed by atoms with E-state index < -0.39 is 10.0 Å². The van der Waals surface area contributed by atoms with Gasteiger partial charge in [0.1, 0.15) is 0 Å². The van der Waals surface area contributed by atoms with Crippen molar-refractivity contribution < 1.29 is 13.2 Å². The van der Waals surface area contributed by atoms with Gasteiger partial charge in [0.2, 0.25) is 10.0 Å². The van der Waals surface area contributed by atoms with Gasteiger partial charge in [-0.25, -0.2) is 13.1 Å². The summed E-state index contributed by atoms with van der Waals surface area (Å²) in [6, 6.07) is 7.96. The number of nitrogens with one attached hydrogen (secondary N) is 1. The molecule has 0 spiro atoms. The first-order chi connectivity index (χ1) is 12.5. The zero-order chi connectivity index (χ0) is 18.6. The summed E-state index contributed by atoms with van der Waals surface area (Å²) in [5, 5.41) is 8.50. The van der Waals surface area contributed by atoms with E-state index in [1.807, 2.05) is 11.0 Å². The Bertz CT molecular complexity index is 783. The summed E-state index contributed by atoms with van der Waals surface area (Å²) in [7, 11) is -3.64. The van der Waals surface area contributed by atoms with Crippen molar-refractivity contribution in [1.29, 1.82) is 5.26 Å². The van der Waals surface area contributed by atoms with E-state index in [1.54, 1.807) is 12.1 Å². The van der Waals surface area contributed by atoms with E-state index in [4.69, 9.17) is 5.26 Å². The number of hydrogen-bond donors (Lipinski definition) is 1. The molecule has 3 rings (SSSR count). The van der Waals surface area contributed by atoms with E-state index in [-0.39, 0.29) is 23.8 Å².